The summed E-state index contributed by atoms with van der Waals surface area (Å²) in [7, 11) is 0. The molecule has 2 aliphatic rings. The first-order valence-corrected chi connectivity index (χ1v) is 12.1. The van der Waals surface area contributed by atoms with Crippen molar-refractivity contribution in [3.05, 3.63) is 107 Å². The van der Waals surface area contributed by atoms with Crippen LogP contribution >= 0.6 is 0 Å². The Balaban J connectivity index is 1.51. The van der Waals surface area contributed by atoms with Crippen molar-refractivity contribution in [3.8, 4) is 34.5 Å². The molecule has 0 amide bonds. The summed E-state index contributed by atoms with van der Waals surface area (Å²) in [5.74, 6) is 0.956. The second kappa shape index (κ2) is 9.48. The smallest absolute Gasteiger partial charge is 0.132 e. The molecular formula is C30H24N2O6. The lowest BCUT2D eigenvalue weighted by molar-refractivity contribution is 0.299. The van der Waals surface area contributed by atoms with E-state index >= 15 is 0 Å². The van der Waals surface area contributed by atoms with Crippen LogP contribution in [0.5, 0.6) is 34.5 Å². The van der Waals surface area contributed by atoms with Gasteiger partial charge in [0.1, 0.15) is 47.7 Å². The summed E-state index contributed by atoms with van der Waals surface area (Å²) in [5, 5.41) is 49.2. The van der Waals surface area contributed by atoms with Crippen LogP contribution in [-0.4, -0.2) is 45.1 Å². The van der Waals surface area contributed by atoms with Crippen LogP contribution in [0.3, 0.4) is 0 Å². The number of phenolic OH excluding ortho intramolecular Hbond substituents is 4. The van der Waals surface area contributed by atoms with Gasteiger partial charge in [-0.3, -0.25) is 0 Å². The Bertz CT molecular complexity index is 1440. The zero-order valence-electron chi connectivity index (χ0n) is 20.2. The van der Waals surface area contributed by atoms with Gasteiger partial charge in [-0.15, -0.1) is 0 Å². The van der Waals surface area contributed by atoms with Crippen molar-refractivity contribution in [2.45, 2.75) is 11.8 Å². The van der Waals surface area contributed by atoms with Crippen molar-refractivity contribution in [1.82, 2.24) is 0 Å². The molecule has 0 spiro atoms. The van der Waals surface area contributed by atoms with Crippen molar-refractivity contribution in [2.75, 3.05) is 13.2 Å². The zero-order valence-corrected chi connectivity index (χ0v) is 20.2. The molecule has 4 N–H and O–H groups in total. The first-order valence-electron chi connectivity index (χ1n) is 12.1. The van der Waals surface area contributed by atoms with Crippen LogP contribution in [0.2, 0.25) is 0 Å². The molecule has 6 rings (SSSR count). The summed E-state index contributed by atoms with van der Waals surface area (Å²) in [6.45, 7) is 0.555. The molecule has 2 unspecified atom stereocenters. The van der Waals surface area contributed by atoms with Gasteiger partial charge in [-0.25, -0.2) is 0 Å². The van der Waals surface area contributed by atoms with Gasteiger partial charge in [0.25, 0.3) is 0 Å². The number of aromatic hydroxyl groups is 4. The summed E-state index contributed by atoms with van der Waals surface area (Å²) in [4.78, 5) is 0. The van der Waals surface area contributed by atoms with E-state index in [4.69, 9.17) is 19.7 Å². The third-order valence-corrected chi connectivity index (χ3v) is 6.81. The normalized spacial score (nSPS) is 20.3. The Labute approximate surface area is 218 Å². The molecule has 0 saturated heterocycles. The van der Waals surface area contributed by atoms with Crippen molar-refractivity contribution in [2.24, 2.45) is 10.2 Å². The van der Waals surface area contributed by atoms with Crippen LogP contribution in [0.4, 0.5) is 0 Å². The summed E-state index contributed by atoms with van der Waals surface area (Å²) < 4.78 is 11.9. The van der Waals surface area contributed by atoms with Crippen LogP contribution in [0, 0.1) is 0 Å². The van der Waals surface area contributed by atoms with Gasteiger partial charge in [0, 0.05) is 23.3 Å². The van der Waals surface area contributed by atoms with Gasteiger partial charge >= 0.3 is 0 Å². The number of phenols is 4. The summed E-state index contributed by atoms with van der Waals surface area (Å²) in [6, 6.07) is 23.5. The van der Waals surface area contributed by atoms with Gasteiger partial charge in [-0.1, -0.05) is 24.3 Å². The minimum Gasteiger partial charge on any atom is -0.508 e. The van der Waals surface area contributed by atoms with Crippen molar-refractivity contribution >= 4 is 11.4 Å². The predicted molar refractivity (Wildman–Crippen MR) is 142 cm³/mol. The standard InChI is InChI=1S/C30H24N2O6/c33-19-5-1-17(2-6-19)25-15-37-27-13-21(35)9-11-23(27)29(25)31-32-30-24-12-10-22(36)14-28(24)38-16-26(30)18-3-7-20(34)8-4-18/h1-14,25-26,33-36H,15-16H2. The third-order valence-electron chi connectivity index (χ3n) is 6.81. The van der Waals surface area contributed by atoms with E-state index in [1.807, 2.05) is 24.3 Å². The fraction of sp³-hybridized carbons (Fsp3) is 0.133. The van der Waals surface area contributed by atoms with Crippen LogP contribution in [-0.2, 0) is 0 Å². The third kappa shape index (κ3) is 4.37. The highest BCUT2D eigenvalue weighted by Crippen LogP contribution is 2.38. The van der Waals surface area contributed by atoms with Crippen LogP contribution in [0.25, 0.3) is 0 Å². The van der Waals surface area contributed by atoms with Gasteiger partial charge in [-0.2, -0.15) is 10.2 Å². The maximum Gasteiger partial charge on any atom is 0.132 e. The molecule has 2 atom stereocenters. The quantitative estimate of drug-likeness (QED) is 0.287. The number of hydrogen-bond donors (Lipinski definition) is 4. The fourth-order valence-electron chi connectivity index (χ4n) is 4.84. The highest BCUT2D eigenvalue weighted by Gasteiger charge is 2.31. The Kier molecular flexibility index (Phi) is 5.84. The first kappa shape index (κ1) is 23.4. The van der Waals surface area contributed by atoms with Crippen molar-refractivity contribution in [1.29, 1.82) is 0 Å². The highest BCUT2D eigenvalue weighted by atomic mass is 16.5. The number of ether oxygens (including phenoxy) is 2. The number of rotatable bonds is 3. The molecule has 4 aromatic carbocycles. The molecule has 0 bridgehead atoms. The average Bonchev–Trinajstić information content (AvgIpc) is 2.92. The van der Waals surface area contributed by atoms with E-state index in [0.717, 1.165) is 11.1 Å². The van der Waals surface area contributed by atoms with E-state index in [9.17, 15) is 20.4 Å². The van der Waals surface area contributed by atoms with Crippen LogP contribution in [0.15, 0.2) is 95.1 Å². The second-order valence-electron chi connectivity index (χ2n) is 9.24. The molecule has 2 aliphatic heterocycles. The van der Waals surface area contributed by atoms with E-state index in [2.05, 4.69) is 0 Å². The van der Waals surface area contributed by atoms with E-state index in [-0.39, 0.29) is 48.0 Å². The van der Waals surface area contributed by atoms with E-state index in [1.54, 1.807) is 60.7 Å². The Morgan fingerprint density at radius 1 is 0.500 bits per heavy atom. The van der Waals surface area contributed by atoms with Gasteiger partial charge < -0.3 is 29.9 Å². The average molecular weight is 509 g/mol. The number of benzene rings is 4. The molecule has 0 fully saturated rings. The Hall–Kier alpha value is -4.98. The van der Waals surface area contributed by atoms with Gasteiger partial charge in [0.2, 0.25) is 0 Å². The molecule has 2 heterocycles. The first-order chi connectivity index (χ1) is 18.5. The molecule has 4 aromatic rings. The fourth-order valence-corrected chi connectivity index (χ4v) is 4.84. The molecule has 0 radical (unpaired) electrons. The van der Waals surface area contributed by atoms with Crippen molar-refractivity contribution in [3.63, 3.8) is 0 Å². The minimum atomic E-state index is -0.275. The minimum absolute atomic E-state index is 0.0862. The highest BCUT2D eigenvalue weighted by molar-refractivity contribution is 6.11. The summed E-state index contributed by atoms with van der Waals surface area (Å²) >= 11 is 0. The molecule has 0 saturated carbocycles. The molecule has 8 heteroatoms. The maximum absolute atomic E-state index is 10.0. The molecule has 0 aliphatic carbocycles. The topological polar surface area (TPSA) is 124 Å². The largest absolute Gasteiger partial charge is 0.508 e. The predicted octanol–water partition coefficient (Wildman–Crippen LogP) is 5.05. The lowest BCUT2D eigenvalue weighted by atomic mass is 9.87. The summed E-state index contributed by atoms with van der Waals surface area (Å²) in [6.07, 6.45) is 0. The maximum atomic E-state index is 10.0. The van der Waals surface area contributed by atoms with Gasteiger partial charge in [0.15, 0.2) is 0 Å². The number of hydrogen-bond acceptors (Lipinski definition) is 8. The van der Waals surface area contributed by atoms with Crippen LogP contribution < -0.4 is 9.47 Å². The number of nitrogens with zero attached hydrogens (tertiary/aromatic N) is 2. The van der Waals surface area contributed by atoms with E-state index in [0.29, 0.717) is 34.0 Å². The Morgan fingerprint density at radius 2 is 0.868 bits per heavy atom. The molecule has 190 valence electrons. The van der Waals surface area contributed by atoms with E-state index < -0.39 is 0 Å². The molecular weight excluding hydrogens is 484 g/mol. The molecule has 8 nitrogen and oxygen atoms in total. The van der Waals surface area contributed by atoms with E-state index in [1.165, 1.54) is 0 Å². The van der Waals surface area contributed by atoms with Crippen molar-refractivity contribution < 1.29 is 29.9 Å². The zero-order chi connectivity index (χ0) is 26.2. The lowest BCUT2D eigenvalue weighted by Gasteiger charge is -2.28. The monoisotopic (exact) mass is 508 g/mol. The Morgan fingerprint density at radius 3 is 1.26 bits per heavy atom. The lowest BCUT2D eigenvalue weighted by Crippen LogP contribution is -2.28. The number of fused-ring (bicyclic) bond motifs is 2. The SMILES string of the molecule is Oc1ccc(C2COc3cc(O)ccc3C2=NN=C2c3ccc(O)cc3OCC2c2ccc(O)cc2)cc1. The van der Waals surface area contributed by atoms with Gasteiger partial charge in [0.05, 0.1) is 23.3 Å². The molecule has 0 aromatic heterocycles. The summed E-state index contributed by atoms with van der Waals surface area (Å²) in [5.41, 5.74) is 4.51. The second-order valence-corrected chi connectivity index (χ2v) is 9.24. The molecule has 38 heavy (non-hydrogen) atoms. The van der Waals surface area contributed by atoms with Crippen LogP contribution in [0.1, 0.15) is 34.1 Å². The van der Waals surface area contributed by atoms with Gasteiger partial charge in [-0.05, 0) is 59.7 Å².